The van der Waals surface area contributed by atoms with Crippen LogP contribution in [0.4, 0.5) is 4.39 Å². The van der Waals surface area contributed by atoms with Crippen molar-refractivity contribution in [2.75, 3.05) is 0 Å². The molecule has 0 amide bonds. The van der Waals surface area contributed by atoms with E-state index in [9.17, 15) is 9.50 Å². The lowest BCUT2D eigenvalue weighted by Gasteiger charge is -2.14. The quantitative estimate of drug-likeness (QED) is 0.936. The summed E-state index contributed by atoms with van der Waals surface area (Å²) in [6.45, 7) is 2.47. The van der Waals surface area contributed by atoms with Gasteiger partial charge < -0.3 is 5.11 Å². The van der Waals surface area contributed by atoms with Gasteiger partial charge in [0.2, 0.25) is 0 Å². The zero-order chi connectivity index (χ0) is 14.0. The van der Waals surface area contributed by atoms with Gasteiger partial charge in [0.25, 0.3) is 0 Å². The molecule has 1 aromatic carbocycles. The molecule has 0 spiro atoms. The molecule has 2 rings (SSSR count). The summed E-state index contributed by atoms with van der Waals surface area (Å²) >= 11 is 11.7. The second-order valence-corrected chi connectivity index (χ2v) is 4.94. The molecule has 0 saturated heterocycles. The van der Waals surface area contributed by atoms with E-state index in [2.05, 4.69) is 5.10 Å². The first-order chi connectivity index (χ1) is 9.04. The summed E-state index contributed by atoms with van der Waals surface area (Å²) in [5.74, 6) is -0.512. The van der Waals surface area contributed by atoms with E-state index in [-0.39, 0.29) is 11.4 Å². The van der Waals surface area contributed by atoms with Crippen molar-refractivity contribution in [3.8, 4) is 0 Å². The van der Waals surface area contributed by atoms with E-state index in [0.29, 0.717) is 22.8 Å². The molecule has 0 saturated carbocycles. The number of aliphatic hydroxyl groups excluding tert-OH is 1. The standard InChI is InChI=1S/C13H13Cl2FN2O/c1-2-18-13(10(15)7-17-18)11(19)6-8-4-3-5-9(14)12(8)16/h3-5,7,11,19H,2,6H2,1H3. The van der Waals surface area contributed by atoms with Crippen molar-refractivity contribution in [3.63, 3.8) is 0 Å². The maximum atomic E-state index is 13.8. The first-order valence-corrected chi connectivity index (χ1v) is 6.62. The van der Waals surface area contributed by atoms with Crippen LogP contribution in [0.25, 0.3) is 0 Å². The minimum absolute atomic E-state index is 0.0415. The fourth-order valence-electron chi connectivity index (χ4n) is 1.97. The molecule has 1 N–H and O–H groups in total. The van der Waals surface area contributed by atoms with E-state index in [1.54, 1.807) is 16.8 Å². The van der Waals surface area contributed by atoms with Gasteiger partial charge in [-0.25, -0.2) is 4.39 Å². The van der Waals surface area contributed by atoms with E-state index in [0.717, 1.165) is 0 Å². The molecule has 6 heteroatoms. The highest BCUT2D eigenvalue weighted by molar-refractivity contribution is 6.31. The van der Waals surface area contributed by atoms with Crippen LogP contribution in [0, 0.1) is 5.82 Å². The third-order valence-electron chi connectivity index (χ3n) is 2.89. The van der Waals surface area contributed by atoms with Gasteiger partial charge in [0.05, 0.1) is 21.9 Å². The average Bonchev–Trinajstić information content (AvgIpc) is 2.76. The van der Waals surface area contributed by atoms with Crippen molar-refractivity contribution in [1.82, 2.24) is 9.78 Å². The van der Waals surface area contributed by atoms with Gasteiger partial charge in [-0.1, -0.05) is 35.3 Å². The topological polar surface area (TPSA) is 38.0 Å². The van der Waals surface area contributed by atoms with E-state index >= 15 is 0 Å². The smallest absolute Gasteiger partial charge is 0.145 e. The molecule has 0 aliphatic carbocycles. The highest BCUT2D eigenvalue weighted by Crippen LogP contribution is 2.28. The average molecular weight is 303 g/mol. The predicted octanol–water partition coefficient (Wildman–Crippen LogP) is 3.63. The number of hydrogen-bond acceptors (Lipinski definition) is 2. The molecule has 1 heterocycles. The zero-order valence-electron chi connectivity index (χ0n) is 10.3. The second-order valence-electron chi connectivity index (χ2n) is 4.13. The number of benzene rings is 1. The summed E-state index contributed by atoms with van der Waals surface area (Å²) < 4.78 is 15.4. The highest BCUT2D eigenvalue weighted by atomic mass is 35.5. The third-order valence-corrected chi connectivity index (χ3v) is 3.48. The predicted molar refractivity (Wildman–Crippen MR) is 73.0 cm³/mol. The summed E-state index contributed by atoms with van der Waals surface area (Å²) in [6.07, 6.45) is 0.637. The van der Waals surface area contributed by atoms with E-state index < -0.39 is 11.9 Å². The molecule has 102 valence electrons. The molecule has 2 aromatic rings. The van der Waals surface area contributed by atoms with Crippen LogP contribution in [-0.4, -0.2) is 14.9 Å². The minimum Gasteiger partial charge on any atom is -0.386 e. The number of aromatic nitrogens is 2. The number of hydrogen-bond donors (Lipinski definition) is 1. The van der Waals surface area contributed by atoms with Crippen LogP contribution >= 0.6 is 23.2 Å². The van der Waals surface area contributed by atoms with Crippen LogP contribution < -0.4 is 0 Å². The summed E-state index contributed by atoms with van der Waals surface area (Å²) in [7, 11) is 0. The van der Waals surface area contributed by atoms with Gasteiger partial charge in [0.15, 0.2) is 0 Å². The largest absolute Gasteiger partial charge is 0.386 e. The molecule has 0 aliphatic rings. The molecular formula is C13H13Cl2FN2O. The lowest BCUT2D eigenvalue weighted by Crippen LogP contribution is -2.11. The normalized spacial score (nSPS) is 12.7. The lowest BCUT2D eigenvalue weighted by atomic mass is 10.0. The molecule has 1 unspecified atom stereocenters. The molecule has 1 atom stereocenters. The van der Waals surface area contributed by atoms with Gasteiger partial charge in [-0.3, -0.25) is 4.68 Å². The Bertz CT molecular complexity index is 586. The van der Waals surface area contributed by atoms with Crippen molar-refractivity contribution in [2.24, 2.45) is 0 Å². The summed E-state index contributed by atoms with van der Waals surface area (Å²) in [4.78, 5) is 0. The first-order valence-electron chi connectivity index (χ1n) is 5.86. The van der Waals surface area contributed by atoms with Gasteiger partial charge in [-0.15, -0.1) is 0 Å². The number of rotatable bonds is 4. The Hall–Kier alpha value is -1.10. The maximum Gasteiger partial charge on any atom is 0.145 e. The van der Waals surface area contributed by atoms with Crippen LogP contribution in [0.2, 0.25) is 10.0 Å². The highest BCUT2D eigenvalue weighted by Gasteiger charge is 2.20. The molecule has 1 aromatic heterocycles. The zero-order valence-corrected chi connectivity index (χ0v) is 11.8. The molecule has 0 fully saturated rings. The maximum absolute atomic E-state index is 13.8. The van der Waals surface area contributed by atoms with Gasteiger partial charge in [0, 0.05) is 13.0 Å². The Labute approximate surface area is 120 Å². The van der Waals surface area contributed by atoms with E-state index in [4.69, 9.17) is 23.2 Å². The molecular weight excluding hydrogens is 290 g/mol. The SMILES string of the molecule is CCn1ncc(Cl)c1C(O)Cc1cccc(Cl)c1F. The van der Waals surface area contributed by atoms with Crippen LogP contribution in [-0.2, 0) is 13.0 Å². The van der Waals surface area contributed by atoms with Gasteiger partial charge in [0.1, 0.15) is 11.9 Å². The Morgan fingerprint density at radius 1 is 1.37 bits per heavy atom. The van der Waals surface area contributed by atoms with Gasteiger partial charge in [-0.2, -0.15) is 5.10 Å². The fourth-order valence-corrected chi connectivity index (χ4v) is 2.43. The Morgan fingerprint density at radius 2 is 2.11 bits per heavy atom. The molecule has 3 nitrogen and oxygen atoms in total. The first kappa shape index (κ1) is 14.3. The van der Waals surface area contributed by atoms with Crippen LogP contribution in [0.1, 0.15) is 24.3 Å². The lowest BCUT2D eigenvalue weighted by molar-refractivity contribution is 0.166. The van der Waals surface area contributed by atoms with Crippen molar-refractivity contribution >= 4 is 23.2 Å². The second kappa shape index (κ2) is 5.90. The Morgan fingerprint density at radius 3 is 2.79 bits per heavy atom. The number of halogens is 3. The van der Waals surface area contributed by atoms with Crippen molar-refractivity contribution in [3.05, 3.63) is 51.5 Å². The van der Waals surface area contributed by atoms with Crippen molar-refractivity contribution in [1.29, 1.82) is 0 Å². The minimum atomic E-state index is -0.928. The summed E-state index contributed by atoms with van der Waals surface area (Å²) in [6, 6.07) is 4.70. The molecule has 19 heavy (non-hydrogen) atoms. The molecule has 0 aliphatic heterocycles. The van der Waals surface area contributed by atoms with Crippen LogP contribution in [0.5, 0.6) is 0 Å². The molecule has 0 radical (unpaired) electrons. The van der Waals surface area contributed by atoms with Gasteiger partial charge >= 0.3 is 0 Å². The van der Waals surface area contributed by atoms with Crippen LogP contribution in [0.15, 0.2) is 24.4 Å². The Kier molecular flexibility index (Phi) is 4.45. The van der Waals surface area contributed by atoms with Crippen molar-refractivity contribution in [2.45, 2.75) is 26.0 Å². The number of nitrogens with zero attached hydrogens (tertiary/aromatic N) is 2. The third kappa shape index (κ3) is 2.91. The number of aryl methyl sites for hydroxylation is 1. The molecule has 0 bridgehead atoms. The van der Waals surface area contributed by atoms with E-state index in [1.807, 2.05) is 6.92 Å². The van der Waals surface area contributed by atoms with E-state index in [1.165, 1.54) is 12.3 Å². The summed E-state index contributed by atoms with van der Waals surface area (Å²) in [5.41, 5.74) is 0.837. The Balaban J connectivity index is 2.28. The van der Waals surface area contributed by atoms with Gasteiger partial charge in [-0.05, 0) is 18.6 Å². The summed E-state index contributed by atoms with van der Waals surface area (Å²) in [5, 5.41) is 14.7. The number of aliphatic hydroxyl groups is 1. The van der Waals surface area contributed by atoms with Crippen molar-refractivity contribution < 1.29 is 9.50 Å². The fraction of sp³-hybridized carbons (Fsp3) is 0.308. The van der Waals surface area contributed by atoms with Crippen LogP contribution in [0.3, 0.4) is 0 Å². The monoisotopic (exact) mass is 302 g/mol.